The third kappa shape index (κ3) is 3.48. The third-order valence-corrected chi connectivity index (χ3v) is 4.22. The number of benzene rings is 2. The van der Waals surface area contributed by atoms with Crippen molar-refractivity contribution in [1.29, 1.82) is 0 Å². The number of fused-ring (bicyclic) bond motifs is 1. The number of nitrogens with zero attached hydrogens (tertiary/aromatic N) is 2. The summed E-state index contributed by atoms with van der Waals surface area (Å²) < 4.78 is 45.5. The second kappa shape index (κ2) is 6.88. The monoisotopic (exact) mass is 385 g/mol. The van der Waals surface area contributed by atoms with Crippen LogP contribution in [0, 0.1) is 0 Å². The third-order valence-electron chi connectivity index (χ3n) is 4.22. The maximum absolute atomic E-state index is 13.0. The number of nitrogens with one attached hydrogen (secondary N) is 1. The van der Waals surface area contributed by atoms with E-state index in [1.54, 1.807) is 41.1 Å². The molecule has 2 heterocycles. The fraction of sp³-hybridized carbons (Fsp3) is 0.100. The molecule has 0 aliphatic heterocycles. The van der Waals surface area contributed by atoms with Crippen molar-refractivity contribution in [2.45, 2.75) is 12.7 Å². The molecule has 4 rings (SSSR count). The van der Waals surface area contributed by atoms with Crippen LogP contribution >= 0.6 is 0 Å². The number of carbonyl (C=O) groups is 1. The van der Waals surface area contributed by atoms with Gasteiger partial charge in [0.25, 0.3) is 5.91 Å². The van der Waals surface area contributed by atoms with Crippen LogP contribution in [0.15, 0.2) is 71.3 Å². The molecule has 1 N–H and O–H groups in total. The molecular formula is C20H14F3N3O2. The fourth-order valence-electron chi connectivity index (χ4n) is 2.94. The first-order valence-electron chi connectivity index (χ1n) is 8.38. The van der Waals surface area contributed by atoms with Crippen molar-refractivity contribution < 1.29 is 22.4 Å². The molecule has 2 aromatic heterocycles. The van der Waals surface area contributed by atoms with Gasteiger partial charge in [0.2, 0.25) is 0 Å². The largest absolute Gasteiger partial charge is 0.459 e. The Hall–Kier alpha value is -3.55. The Labute approximate surface area is 157 Å². The second-order valence-corrected chi connectivity index (χ2v) is 6.15. The average molecular weight is 385 g/mol. The Kier molecular flexibility index (Phi) is 4.38. The highest BCUT2D eigenvalue weighted by atomic mass is 19.4. The molecular weight excluding hydrogens is 371 g/mol. The van der Waals surface area contributed by atoms with Gasteiger partial charge in [-0.15, -0.1) is 0 Å². The minimum Gasteiger partial charge on any atom is -0.459 e. The number of halogens is 3. The average Bonchev–Trinajstić information content (AvgIpc) is 3.31. The Morgan fingerprint density at radius 2 is 1.89 bits per heavy atom. The molecule has 0 spiro atoms. The molecule has 0 atom stereocenters. The van der Waals surface area contributed by atoms with Gasteiger partial charge in [0, 0.05) is 5.39 Å². The number of hydrogen-bond donors (Lipinski definition) is 1. The number of para-hydroxylation sites is 1. The van der Waals surface area contributed by atoms with Gasteiger partial charge in [-0.2, -0.15) is 18.3 Å². The SMILES string of the molecule is O=C(Nc1nn(Cc2cccc(C(F)(F)F)c2)c2ccccc12)c1ccco1. The molecule has 28 heavy (non-hydrogen) atoms. The van der Waals surface area contributed by atoms with E-state index < -0.39 is 17.6 Å². The van der Waals surface area contributed by atoms with Crippen molar-refractivity contribution in [3.8, 4) is 0 Å². The highest BCUT2D eigenvalue weighted by Gasteiger charge is 2.30. The Bertz CT molecular complexity index is 1130. The highest BCUT2D eigenvalue weighted by molar-refractivity contribution is 6.06. The molecule has 0 aliphatic carbocycles. The van der Waals surface area contributed by atoms with Gasteiger partial charge in [-0.05, 0) is 42.0 Å². The van der Waals surface area contributed by atoms with E-state index >= 15 is 0 Å². The van der Waals surface area contributed by atoms with E-state index in [1.807, 2.05) is 0 Å². The van der Waals surface area contributed by atoms with E-state index in [4.69, 9.17) is 4.42 Å². The molecule has 142 valence electrons. The molecule has 0 radical (unpaired) electrons. The van der Waals surface area contributed by atoms with Crippen molar-refractivity contribution in [3.05, 3.63) is 83.8 Å². The molecule has 2 aromatic carbocycles. The lowest BCUT2D eigenvalue weighted by atomic mass is 10.1. The molecule has 0 saturated carbocycles. The quantitative estimate of drug-likeness (QED) is 0.541. The summed E-state index contributed by atoms with van der Waals surface area (Å²) in [6.07, 6.45) is -3.02. The van der Waals surface area contributed by atoms with Crippen LogP contribution in [0.3, 0.4) is 0 Å². The van der Waals surface area contributed by atoms with Gasteiger partial charge in [-0.1, -0.05) is 24.3 Å². The Morgan fingerprint density at radius 3 is 2.64 bits per heavy atom. The predicted octanol–water partition coefficient (Wildman–Crippen LogP) is 4.95. The summed E-state index contributed by atoms with van der Waals surface area (Å²) in [5, 5.41) is 7.75. The summed E-state index contributed by atoms with van der Waals surface area (Å²) in [6, 6.07) is 15.4. The fourth-order valence-corrected chi connectivity index (χ4v) is 2.94. The normalized spacial score (nSPS) is 11.7. The van der Waals surface area contributed by atoms with Crippen molar-refractivity contribution in [2.75, 3.05) is 5.32 Å². The molecule has 1 amide bonds. The molecule has 4 aromatic rings. The molecule has 0 fully saturated rings. The van der Waals surface area contributed by atoms with Gasteiger partial charge in [0.15, 0.2) is 11.6 Å². The summed E-state index contributed by atoms with van der Waals surface area (Å²) >= 11 is 0. The topological polar surface area (TPSA) is 60.1 Å². The molecule has 0 unspecified atom stereocenters. The van der Waals surface area contributed by atoms with Gasteiger partial charge in [0.05, 0.1) is 23.9 Å². The second-order valence-electron chi connectivity index (χ2n) is 6.15. The standard InChI is InChI=1S/C20H14F3N3O2/c21-20(22,23)14-6-3-5-13(11-14)12-26-16-8-2-1-7-15(16)18(25-26)24-19(27)17-9-4-10-28-17/h1-11H,12H2,(H,24,25,27). The minimum atomic E-state index is -4.41. The van der Waals surface area contributed by atoms with Crippen LogP contribution in [0.4, 0.5) is 19.0 Å². The van der Waals surface area contributed by atoms with Gasteiger partial charge in [0.1, 0.15) is 0 Å². The van der Waals surface area contributed by atoms with Crippen molar-refractivity contribution in [1.82, 2.24) is 9.78 Å². The zero-order chi connectivity index (χ0) is 19.7. The number of hydrogen-bond acceptors (Lipinski definition) is 3. The summed E-state index contributed by atoms with van der Waals surface area (Å²) in [5.74, 6) is -0.0139. The lowest BCUT2D eigenvalue weighted by Crippen LogP contribution is -2.12. The summed E-state index contributed by atoms with van der Waals surface area (Å²) in [4.78, 5) is 12.3. The highest BCUT2D eigenvalue weighted by Crippen LogP contribution is 2.30. The molecule has 0 aliphatic rings. The maximum Gasteiger partial charge on any atom is 0.416 e. The predicted molar refractivity (Wildman–Crippen MR) is 96.9 cm³/mol. The first-order chi connectivity index (χ1) is 13.4. The van der Waals surface area contributed by atoms with E-state index in [0.717, 1.165) is 12.1 Å². The minimum absolute atomic E-state index is 0.126. The van der Waals surface area contributed by atoms with Crippen molar-refractivity contribution in [2.24, 2.45) is 0 Å². The van der Waals surface area contributed by atoms with Gasteiger partial charge in [-0.3, -0.25) is 9.48 Å². The summed E-state index contributed by atoms with van der Waals surface area (Å²) in [6.45, 7) is 0.126. The number of aromatic nitrogens is 2. The molecule has 0 saturated heterocycles. The lowest BCUT2D eigenvalue weighted by molar-refractivity contribution is -0.137. The van der Waals surface area contributed by atoms with Crippen LogP contribution in [-0.4, -0.2) is 15.7 Å². The van der Waals surface area contributed by atoms with Gasteiger partial charge >= 0.3 is 6.18 Å². The Balaban J connectivity index is 1.68. The van der Waals surface area contributed by atoms with Crippen LogP contribution in [0.2, 0.25) is 0 Å². The van der Waals surface area contributed by atoms with Crippen LogP contribution in [-0.2, 0) is 12.7 Å². The summed E-state index contributed by atoms with van der Waals surface area (Å²) in [7, 11) is 0. The van der Waals surface area contributed by atoms with E-state index in [0.29, 0.717) is 22.3 Å². The Morgan fingerprint density at radius 1 is 1.07 bits per heavy atom. The van der Waals surface area contributed by atoms with E-state index in [2.05, 4.69) is 10.4 Å². The molecule has 5 nitrogen and oxygen atoms in total. The van der Waals surface area contributed by atoms with Crippen LogP contribution in [0.25, 0.3) is 10.9 Å². The van der Waals surface area contributed by atoms with E-state index in [-0.39, 0.29) is 12.3 Å². The van der Waals surface area contributed by atoms with Crippen LogP contribution in [0.1, 0.15) is 21.7 Å². The van der Waals surface area contributed by atoms with E-state index in [1.165, 1.54) is 18.4 Å². The van der Waals surface area contributed by atoms with Crippen LogP contribution in [0.5, 0.6) is 0 Å². The van der Waals surface area contributed by atoms with Gasteiger partial charge < -0.3 is 9.73 Å². The zero-order valence-electron chi connectivity index (χ0n) is 14.4. The summed E-state index contributed by atoms with van der Waals surface area (Å²) in [5.41, 5.74) is 0.425. The molecule has 0 bridgehead atoms. The number of furan rings is 1. The number of rotatable bonds is 4. The smallest absolute Gasteiger partial charge is 0.416 e. The first kappa shape index (κ1) is 17.8. The lowest BCUT2D eigenvalue weighted by Gasteiger charge is -2.09. The first-order valence-corrected chi connectivity index (χ1v) is 8.38. The number of anilines is 1. The van der Waals surface area contributed by atoms with Crippen molar-refractivity contribution >= 4 is 22.6 Å². The number of carbonyl (C=O) groups excluding carboxylic acids is 1. The number of alkyl halides is 3. The maximum atomic E-state index is 13.0. The van der Waals surface area contributed by atoms with Crippen LogP contribution < -0.4 is 5.32 Å². The van der Waals surface area contributed by atoms with Crippen molar-refractivity contribution in [3.63, 3.8) is 0 Å². The van der Waals surface area contributed by atoms with Gasteiger partial charge in [-0.25, -0.2) is 0 Å². The molecule has 8 heteroatoms. The number of amides is 1. The zero-order valence-corrected chi connectivity index (χ0v) is 14.4. The van der Waals surface area contributed by atoms with E-state index in [9.17, 15) is 18.0 Å².